The van der Waals surface area contributed by atoms with Gasteiger partial charge in [-0.25, -0.2) is 9.18 Å². The summed E-state index contributed by atoms with van der Waals surface area (Å²) in [6, 6.07) is 15.7. The normalized spacial score (nSPS) is 11.1. The summed E-state index contributed by atoms with van der Waals surface area (Å²) in [5.74, 6) is -2.61. The Morgan fingerprint density at radius 3 is 2.37 bits per heavy atom. The predicted molar refractivity (Wildman–Crippen MR) is 99.3 cm³/mol. The number of amides is 1. The second-order valence-electron chi connectivity index (χ2n) is 6.00. The number of nitrogens with zero attached hydrogens (tertiary/aromatic N) is 1. The molecule has 0 radical (unpaired) electrons. The molecule has 2 aromatic rings. The van der Waals surface area contributed by atoms with Gasteiger partial charge in [0.25, 0.3) is 5.91 Å². The Kier molecular flexibility index (Phi) is 7.55. The summed E-state index contributed by atoms with van der Waals surface area (Å²) in [6.07, 6.45) is 2.32. The number of benzene rings is 2. The van der Waals surface area contributed by atoms with Gasteiger partial charge in [-0.05, 0) is 36.1 Å². The topological polar surface area (TPSA) is 66.8 Å². The summed E-state index contributed by atoms with van der Waals surface area (Å²) >= 11 is 0. The van der Waals surface area contributed by atoms with E-state index in [1.807, 2.05) is 30.3 Å². The van der Waals surface area contributed by atoms with Gasteiger partial charge in [-0.2, -0.15) is 0 Å². The number of rotatable bonds is 8. The van der Waals surface area contributed by atoms with Crippen molar-refractivity contribution in [3.63, 3.8) is 0 Å². The number of hydrogen-bond acceptors (Lipinski definition) is 4. The molecule has 1 amide bonds. The predicted octanol–water partition coefficient (Wildman–Crippen LogP) is 3.40. The second-order valence-corrected chi connectivity index (χ2v) is 6.00. The number of halogens is 1. The van der Waals surface area contributed by atoms with Crippen molar-refractivity contribution in [1.82, 2.24) is 4.90 Å². The fraction of sp³-hybridized carbons (Fsp3) is 0.238. The molecule has 0 saturated carbocycles. The second kappa shape index (κ2) is 10.1. The highest BCUT2D eigenvalue weighted by atomic mass is 19.1. The molecule has 0 unspecified atom stereocenters. The van der Waals surface area contributed by atoms with Crippen LogP contribution in [0.2, 0.25) is 0 Å². The molecule has 0 aromatic heterocycles. The van der Waals surface area contributed by atoms with E-state index >= 15 is 0 Å². The van der Waals surface area contributed by atoms with E-state index < -0.39 is 17.6 Å². The minimum absolute atomic E-state index is 0.235. The van der Waals surface area contributed by atoms with Crippen LogP contribution in [0.15, 0.2) is 66.4 Å². The molecule has 1 N–H and O–H groups in total. The number of ether oxygens (including phenoxy) is 1. The summed E-state index contributed by atoms with van der Waals surface area (Å²) in [5, 5.41) is 9.63. The molecule has 0 aliphatic carbocycles. The number of carbonyl (C=O) groups is 2. The molecule has 0 bridgehead atoms. The van der Waals surface area contributed by atoms with Crippen molar-refractivity contribution in [3.05, 3.63) is 83.4 Å². The van der Waals surface area contributed by atoms with Crippen LogP contribution in [0.4, 0.5) is 4.39 Å². The van der Waals surface area contributed by atoms with E-state index in [4.69, 9.17) is 0 Å². The number of aryl methyl sites for hydroxylation is 1. The molecule has 0 aliphatic heterocycles. The maximum absolute atomic E-state index is 13.1. The monoisotopic (exact) mass is 371 g/mol. The molecular weight excluding hydrogens is 349 g/mol. The van der Waals surface area contributed by atoms with Gasteiger partial charge in [0, 0.05) is 13.1 Å². The zero-order chi connectivity index (χ0) is 19.6. The minimum Gasteiger partial charge on any atom is -0.502 e. The Morgan fingerprint density at radius 2 is 1.74 bits per heavy atom. The van der Waals surface area contributed by atoms with E-state index in [9.17, 15) is 19.1 Å². The summed E-state index contributed by atoms with van der Waals surface area (Å²) in [4.78, 5) is 25.3. The third-order valence-corrected chi connectivity index (χ3v) is 3.99. The lowest BCUT2D eigenvalue weighted by molar-refractivity contribution is -0.139. The average molecular weight is 371 g/mol. The zero-order valence-corrected chi connectivity index (χ0v) is 15.1. The van der Waals surface area contributed by atoms with Crippen molar-refractivity contribution < 1.29 is 23.8 Å². The van der Waals surface area contributed by atoms with Crippen molar-refractivity contribution in [3.8, 4) is 0 Å². The molecule has 2 rings (SSSR count). The first-order valence-corrected chi connectivity index (χ1v) is 8.56. The molecular formula is C21H22FNO4. The van der Waals surface area contributed by atoms with Crippen molar-refractivity contribution in [2.24, 2.45) is 0 Å². The largest absolute Gasteiger partial charge is 0.502 e. The number of aliphatic hydroxyl groups excluding tert-OH is 1. The quantitative estimate of drug-likeness (QED) is 0.439. The number of carbonyl (C=O) groups excluding carboxylic acids is 2. The average Bonchev–Trinajstić information content (AvgIpc) is 2.68. The molecule has 2 aromatic carbocycles. The number of aliphatic hydroxyl groups is 1. The van der Waals surface area contributed by atoms with Crippen LogP contribution >= 0.6 is 0 Å². The standard InChI is InChI=1S/C21H22FNO4/c1-27-21(26)19(24)14-20(25)23(15-17-9-11-18(22)12-10-17)13-5-8-16-6-3-2-4-7-16/h2-4,6-7,9-12,14,24H,5,8,13,15H2,1H3. The molecule has 27 heavy (non-hydrogen) atoms. The van der Waals surface area contributed by atoms with Crippen LogP contribution < -0.4 is 0 Å². The van der Waals surface area contributed by atoms with Gasteiger partial charge in [0.05, 0.1) is 13.2 Å². The number of methoxy groups -OCH3 is 1. The van der Waals surface area contributed by atoms with E-state index in [2.05, 4.69) is 4.74 Å². The van der Waals surface area contributed by atoms with Crippen molar-refractivity contribution in [2.45, 2.75) is 19.4 Å². The van der Waals surface area contributed by atoms with Crippen LogP contribution in [0.25, 0.3) is 0 Å². The first kappa shape index (κ1) is 20.2. The Bertz CT molecular complexity index is 788. The molecule has 0 atom stereocenters. The van der Waals surface area contributed by atoms with E-state index in [-0.39, 0.29) is 12.4 Å². The maximum atomic E-state index is 13.1. The van der Waals surface area contributed by atoms with Crippen LogP contribution in [0.5, 0.6) is 0 Å². The van der Waals surface area contributed by atoms with Gasteiger partial charge in [-0.15, -0.1) is 0 Å². The smallest absolute Gasteiger partial charge is 0.373 e. The Balaban J connectivity index is 2.08. The summed E-state index contributed by atoms with van der Waals surface area (Å²) in [6.45, 7) is 0.648. The molecule has 0 fully saturated rings. The van der Waals surface area contributed by atoms with Crippen LogP contribution in [-0.4, -0.2) is 35.5 Å². The third kappa shape index (κ3) is 6.58. The van der Waals surface area contributed by atoms with Gasteiger partial charge in [-0.3, -0.25) is 4.79 Å². The molecule has 0 heterocycles. The molecule has 6 heteroatoms. The van der Waals surface area contributed by atoms with Crippen molar-refractivity contribution in [1.29, 1.82) is 0 Å². The van der Waals surface area contributed by atoms with E-state index in [1.54, 1.807) is 12.1 Å². The highest BCUT2D eigenvalue weighted by Crippen LogP contribution is 2.11. The highest BCUT2D eigenvalue weighted by Gasteiger charge is 2.16. The van der Waals surface area contributed by atoms with Gasteiger partial charge >= 0.3 is 5.97 Å². The first-order valence-electron chi connectivity index (χ1n) is 8.56. The lowest BCUT2D eigenvalue weighted by Gasteiger charge is -2.21. The van der Waals surface area contributed by atoms with Gasteiger partial charge in [0.15, 0.2) is 0 Å². The lowest BCUT2D eigenvalue weighted by Crippen LogP contribution is -2.31. The first-order chi connectivity index (χ1) is 13.0. The fourth-order valence-corrected chi connectivity index (χ4v) is 2.57. The van der Waals surface area contributed by atoms with Gasteiger partial charge < -0.3 is 14.7 Å². The molecule has 0 saturated heterocycles. The van der Waals surface area contributed by atoms with Crippen LogP contribution in [-0.2, 0) is 27.3 Å². The number of hydrogen-bond donors (Lipinski definition) is 1. The van der Waals surface area contributed by atoms with Crippen molar-refractivity contribution in [2.75, 3.05) is 13.7 Å². The lowest BCUT2D eigenvalue weighted by atomic mass is 10.1. The summed E-state index contributed by atoms with van der Waals surface area (Å²) < 4.78 is 17.5. The van der Waals surface area contributed by atoms with Crippen LogP contribution in [0, 0.1) is 5.82 Å². The van der Waals surface area contributed by atoms with Crippen LogP contribution in [0.3, 0.4) is 0 Å². The number of esters is 1. The maximum Gasteiger partial charge on any atom is 0.373 e. The fourth-order valence-electron chi connectivity index (χ4n) is 2.57. The Hall–Kier alpha value is -3.15. The third-order valence-electron chi connectivity index (χ3n) is 3.99. The molecule has 142 valence electrons. The Morgan fingerprint density at radius 1 is 1.07 bits per heavy atom. The molecule has 5 nitrogen and oxygen atoms in total. The van der Waals surface area contributed by atoms with E-state index in [0.29, 0.717) is 13.0 Å². The van der Waals surface area contributed by atoms with Crippen molar-refractivity contribution >= 4 is 11.9 Å². The van der Waals surface area contributed by atoms with E-state index in [0.717, 1.165) is 30.7 Å². The van der Waals surface area contributed by atoms with Gasteiger partial charge in [0.2, 0.25) is 5.76 Å². The SMILES string of the molecule is COC(=O)C(O)=CC(=O)N(CCCc1ccccc1)Cc1ccc(F)cc1. The summed E-state index contributed by atoms with van der Waals surface area (Å²) in [5.41, 5.74) is 1.90. The zero-order valence-electron chi connectivity index (χ0n) is 15.1. The molecule has 0 aliphatic rings. The van der Waals surface area contributed by atoms with Gasteiger partial charge in [-0.1, -0.05) is 42.5 Å². The Labute approximate surface area is 157 Å². The van der Waals surface area contributed by atoms with Gasteiger partial charge in [0.1, 0.15) is 5.82 Å². The highest BCUT2D eigenvalue weighted by molar-refractivity contribution is 5.96. The van der Waals surface area contributed by atoms with E-state index in [1.165, 1.54) is 17.0 Å². The minimum atomic E-state index is -0.977. The molecule has 0 spiro atoms. The van der Waals surface area contributed by atoms with Crippen LogP contribution in [0.1, 0.15) is 17.5 Å². The summed E-state index contributed by atoms with van der Waals surface area (Å²) in [7, 11) is 1.12.